The van der Waals surface area contributed by atoms with Gasteiger partial charge in [-0.25, -0.2) is 9.78 Å². The maximum atomic E-state index is 11.2. The molecule has 1 saturated heterocycles. The zero-order valence-electron chi connectivity index (χ0n) is 8.01. The molecule has 1 amide bonds. The Hall–Kier alpha value is -2.09. The van der Waals surface area contributed by atoms with E-state index in [2.05, 4.69) is 4.98 Å². The van der Waals surface area contributed by atoms with Gasteiger partial charge in [-0.05, 0) is 17.7 Å². The van der Waals surface area contributed by atoms with E-state index in [0.717, 1.165) is 5.56 Å². The van der Waals surface area contributed by atoms with Gasteiger partial charge in [0.25, 0.3) is 0 Å². The Balaban J connectivity index is 2.10. The van der Waals surface area contributed by atoms with E-state index in [4.69, 9.17) is 10.00 Å². The number of hydrogen-bond acceptors (Lipinski definition) is 4. The highest BCUT2D eigenvalue weighted by Crippen LogP contribution is 2.10. The normalized spacial score (nSPS) is 14.9. The lowest BCUT2D eigenvalue weighted by Gasteiger charge is -2.11. The average molecular weight is 203 g/mol. The van der Waals surface area contributed by atoms with E-state index in [1.807, 2.05) is 6.07 Å². The summed E-state index contributed by atoms with van der Waals surface area (Å²) < 4.78 is 4.80. The van der Waals surface area contributed by atoms with Crippen LogP contribution >= 0.6 is 0 Å². The van der Waals surface area contributed by atoms with Crippen molar-refractivity contribution < 1.29 is 9.53 Å². The maximum Gasteiger partial charge on any atom is 0.410 e. The lowest BCUT2D eigenvalue weighted by atomic mass is 10.2. The molecule has 0 spiro atoms. The summed E-state index contributed by atoms with van der Waals surface area (Å²) in [6.07, 6.45) is 1.26. The Kier molecular flexibility index (Phi) is 2.50. The highest BCUT2D eigenvalue weighted by molar-refractivity contribution is 5.69. The third-order valence-electron chi connectivity index (χ3n) is 2.16. The van der Waals surface area contributed by atoms with Crippen LogP contribution in [0.3, 0.4) is 0 Å². The molecule has 5 nitrogen and oxygen atoms in total. The molecule has 1 aromatic heterocycles. The predicted molar refractivity (Wildman–Crippen MR) is 50.7 cm³/mol. The zero-order valence-corrected chi connectivity index (χ0v) is 8.01. The van der Waals surface area contributed by atoms with Crippen LogP contribution in [0.4, 0.5) is 4.79 Å². The van der Waals surface area contributed by atoms with Crippen LogP contribution in [-0.2, 0) is 11.3 Å². The number of amides is 1. The maximum absolute atomic E-state index is 11.2. The Labute approximate surface area is 86.9 Å². The lowest BCUT2D eigenvalue weighted by Crippen LogP contribution is -2.23. The van der Waals surface area contributed by atoms with E-state index in [1.54, 1.807) is 23.2 Å². The quantitative estimate of drug-likeness (QED) is 0.716. The third-order valence-corrected chi connectivity index (χ3v) is 2.16. The first-order chi connectivity index (χ1) is 7.29. The van der Waals surface area contributed by atoms with Crippen molar-refractivity contribution in [3.05, 3.63) is 29.6 Å². The van der Waals surface area contributed by atoms with Crippen molar-refractivity contribution in [2.24, 2.45) is 0 Å². The summed E-state index contributed by atoms with van der Waals surface area (Å²) in [6, 6.07) is 5.41. The van der Waals surface area contributed by atoms with Crippen molar-refractivity contribution >= 4 is 6.09 Å². The second kappa shape index (κ2) is 3.96. The van der Waals surface area contributed by atoms with Crippen LogP contribution in [0.1, 0.15) is 11.3 Å². The highest BCUT2D eigenvalue weighted by Gasteiger charge is 2.21. The Morgan fingerprint density at radius 1 is 1.67 bits per heavy atom. The first kappa shape index (κ1) is 9.46. The monoisotopic (exact) mass is 203 g/mol. The Morgan fingerprint density at radius 3 is 3.20 bits per heavy atom. The molecule has 2 rings (SSSR count). The number of carbonyl (C=O) groups excluding carboxylic acids is 1. The number of hydrogen-bond donors (Lipinski definition) is 0. The van der Waals surface area contributed by atoms with Crippen molar-refractivity contribution in [3.63, 3.8) is 0 Å². The summed E-state index contributed by atoms with van der Waals surface area (Å²) in [6.45, 7) is 1.51. The minimum absolute atomic E-state index is 0.301. The zero-order chi connectivity index (χ0) is 10.7. The fraction of sp³-hybridized carbons (Fsp3) is 0.300. The van der Waals surface area contributed by atoms with E-state index in [0.29, 0.717) is 25.4 Å². The van der Waals surface area contributed by atoms with E-state index < -0.39 is 0 Å². The Bertz CT molecular complexity index is 425. The average Bonchev–Trinajstić information content (AvgIpc) is 2.65. The van der Waals surface area contributed by atoms with Crippen molar-refractivity contribution in [2.75, 3.05) is 13.2 Å². The SMILES string of the molecule is N#Cc1cc(CN2CCOC2=O)ccn1. The van der Waals surface area contributed by atoms with E-state index in [1.165, 1.54) is 0 Å². The van der Waals surface area contributed by atoms with Gasteiger partial charge in [-0.2, -0.15) is 5.26 Å². The van der Waals surface area contributed by atoms with E-state index >= 15 is 0 Å². The molecule has 1 fully saturated rings. The summed E-state index contributed by atoms with van der Waals surface area (Å²) in [7, 11) is 0. The van der Waals surface area contributed by atoms with Crippen LogP contribution in [0.5, 0.6) is 0 Å². The number of nitrogens with zero attached hydrogens (tertiary/aromatic N) is 3. The van der Waals surface area contributed by atoms with Crippen molar-refractivity contribution in [1.82, 2.24) is 9.88 Å². The number of rotatable bonds is 2. The summed E-state index contributed by atoms with van der Waals surface area (Å²) >= 11 is 0. The van der Waals surface area contributed by atoms with Crippen molar-refractivity contribution in [1.29, 1.82) is 5.26 Å². The van der Waals surface area contributed by atoms with Gasteiger partial charge in [0.15, 0.2) is 0 Å². The third kappa shape index (κ3) is 2.05. The molecule has 0 bridgehead atoms. The number of pyridine rings is 1. The number of cyclic esters (lactones) is 1. The first-order valence-corrected chi connectivity index (χ1v) is 4.56. The molecule has 76 valence electrons. The molecule has 0 saturated carbocycles. The molecule has 0 aromatic carbocycles. The fourth-order valence-electron chi connectivity index (χ4n) is 1.42. The minimum Gasteiger partial charge on any atom is -0.448 e. The molecule has 1 aromatic rings. The number of nitriles is 1. The molecule has 0 unspecified atom stereocenters. The molecule has 0 radical (unpaired) electrons. The summed E-state index contributed by atoms with van der Waals surface area (Å²) in [5, 5.41) is 8.66. The molecular weight excluding hydrogens is 194 g/mol. The van der Waals surface area contributed by atoms with Crippen LogP contribution in [-0.4, -0.2) is 29.1 Å². The Morgan fingerprint density at radius 2 is 2.53 bits per heavy atom. The predicted octanol–water partition coefficient (Wildman–Crippen LogP) is 0.905. The van der Waals surface area contributed by atoms with Gasteiger partial charge in [0.2, 0.25) is 0 Å². The molecule has 2 heterocycles. The van der Waals surface area contributed by atoms with Crippen LogP contribution in [0.25, 0.3) is 0 Å². The van der Waals surface area contributed by atoms with Gasteiger partial charge in [-0.15, -0.1) is 0 Å². The van der Waals surface area contributed by atoms with E-state index in [9.17, 15) is 4.79 Å². The van der Waals surface area contributed by atoms with Gasteiger partial charge >= 0.3 is 6.09 Å². The number of ether oxygens (including phenoxy) is 1. The highest BCUT2D eigenvalue weighted by atomic mass is 16.6. The second-order valence-corrected chi connectivity index (χ2v) is 3.20. The molecular formula is C10H9N3O2. The first-order valence-electron chi connectivity index (χ1n) is 4.56. The van der Waals surface area contributed by atoms with Crippen LogP contribution in [0, 0.1) is 11.3 Å². The van der Waals surface area contributed by atoms with Crippen molar-refractivity contribution in [3.8, 4) is 6.07 Å². The summed E-state index contributed by atoms with van der Waals surface area (Å²) in [5.74, 6) is 0. The largest absolute Gasteiger partial charge is 0.448 e. The van der Waals surface area contributed by atoms with Gasteiger partial charge < -0.3 is 9.64 Å². The summed E-state index contributed by atoms with van der Waals surface area (Å²) in [5.41, 5.74) is 1.25. The second-order valence-electron chi connectivity index (χ2n) is 3.20. The lowest BCUT2D eigenvalue weighted by molar-refractivity contribution is 0.157. The van der Waals surface area contributed by atoms with Gasteiger partial charge in [-0.1, -0.05) is 0 Å². The van der Waals surface area contributed by atoms with Gasteiger partial charge in [0.05, 0.1) is 6.54 Å². The van der Waals surface area contributed by atoms with Crippen LogP contribution in [0.2, 0.25) is 0 Å². The van der Waals surface area contributed by atoms with Gasteiger partial charge in [0, 0.05) is 12.7 Å². The smallest absolute Gasteiger partial charge is 0.410 e. The number of aromatic nitrogens is 1. The standard InChI is InChI=1S/C10H9N3O2/c11-6-9-5-8(1-2-12-9)7-13-3-4-15-10(13)14/h1-2,5H,3-4,7H2. The molecule has 0 atom stereocenters. The van der Waals surface area contributed by atoms with Gasteiger partial charge in [-0.3, -0.25) is 0 Å². The fourth-order valence-corrected chi connectivity index (χ4v) is 1.42. The summed E-state index contributed by atoms with van der Waals surface area (Å²) in [4.78, 5) is 16.6. The number of carbonyl (C=O) groups is 1. The van der Waals surface area contributed by atoms with Gasteiger partial charge in [0.1, 0.15) is 18.4 Å². The topological polar surface area (TPSA) is 66.2 Å². The molecule has 0 aliphatic carbocycles. The molecule has 0 N–H and O–H groups in total. The van der Waals surface area contributed by atoms with Crippen LogP contribution < -0.4 is 0 Å². The van der Waals surface area contributed by atoms with Crippen LogP contribution in [0.15, 0.2) is 18.3 Å². The molecule has 5 heteroatoms. The van der Waals surface area contributed by atoms with E-state index in [-0.39, 0.29) is 6.09 Å². The minimum atomic E-state index is -0.301. The molecule has 15 heavy (non-hydrogen) atoms. The molecule has 1 aliphatic heterocycles. The molecule has 1 aliphatic rings. The van der Waals surface area contributed by atoms with Crippen molar-refractivity contribution in [2.45, 2.75) is 6.54 Å².